The van der Waals surface area contributed by atoms with Gasteiger partial charge in [-0.25, -0.2) is 18.7 Å². The van der Waals surface area contributed by atoms with E-state index < -0.39 is 23.5 Å². The van der Waals surface area contributed by atoms with Crippen molar-refractivity contribution < 1.29 is 23.7 Å². The third kappa shape index (κ3) is 5.02. The van der Waals surface area contributed by atoms with E-state index >= 15 is 0 Å². The summed E-state index contributed by atoms with van der Waals surface area (Å²) in [7, 11) is 1.70. The number of halogens is 3. The summed E-state index contributed by atoms with van der Waals surface area (Å²) in [4.78, 5) is 13.7. The van der Waals surface area contributed by atoms with Crippen molar-refractivity contribution in [2.75, 3.05) is 4.90 Å². The lowest BCUT2D eigenvalue weighted by Crippen LogP contribution is -2.38. The van der Waals surface area contributed by atoms with E-state index in [4.69, 9.17) is 16.3 Å². The van der Waals surface area contributed by atoms with Gasteiger partial charge in [0, 0.05) is 37.2 Å². The fourth-order valence-corrected chi connectivity index (χ4v) is 3.68. The Labute approximate surface area is 205 Å². The topological polar surface area (TPSA) is 109 Å². The van der Waals surface area contributed by atoms with Gasteiger partial charge in [0.2, 0.25) is 0 Å². The van der Waals surface area contributed by atoms with Gasteiger partial charge in [0.25, 0.3) is 0 Å². The molecule has 0 aromatic carbocycles. The van der Waals surface area contributed by atoms with Crippen LogP contribution in [0.4, 0.5) is 14.6 Å². The monoisotopic (exact) mass is 504 g/mol. The van der Waals surface area contributed by atoms with E-state index in [0.717, 1.165) is 6.20 Å². The van der Waals surface area contributed by atoms with Crippen molar-refractivity contribution in [1.82, 2.24) is 24.7 Å². The van der Waals surface area contributed by atoms with Crippen molar-refractivity contribution in [3.8, 4) is 11.4 Å². The van der Waals surface area contributed by atoms with Crippen LogP contribution in [0.25, 0.3) is 11.4 Å². The molecule has 0 saturated heterocycles. The van der Waals surface area contributed by atoms with Gasteiger partial charge in [0.05, 0.1) is 11.9 Å². The molecule has 35 heavy (non-hydrogen) atoms. The van der Waals surface area contributed by atoms with Gasteiger partial charge in [-0.3, -0.25) is 14.6 Å². The quantitative estimate of drug-likeness (QED) is 0.525. The molecule has 1 atom stereocenters. The fraction of sp³-hybridized carbons (Fsp3) is 0.304. The molecule has 4 rings (SSSR count). The second-order valence-electron chi connectivity index (χ2n) is 8.45. The lowest BCUT2D eigenvalue weighted by atomic mass is 10.1. The van der Waals surface area contributed by atoms with E-state index in [0.29, 0.717) is 29.0 Å². The number of hydrogen-bond donors (Lipinski definition) is 2. The van der Waals surface area contributed by atoms with Crippen molar-refractivity contribution in [2.45, 2.75) is 39.2 Å². The van der Waals surface area contributed by atoms with Crippen LogP contribution in [0, 0.1) is 11.6 Å². The third-order valence-electron chi connectivity index (χ3n) is 5.24. The molecule has 0 saturated carbocycles. The fourth-order valence-electron chi connectivity index (χ4n) is 3.48. The van der Waals surface area contributed by atoms with Gasteiger partial charge in [0.1, 0.15) is 46.0 Å². The molecule has 0 bridgehead atoms. The van der Waals surface area contributed by atoms with Gasteiger partial charge in [-0.05, 0) is 26.8 Å². The SMILES string of the molecule is CC1=CC(OCc2ncc(F)cc2F)=C(Cl)C(O)N1c1cc(-c2ccnc(C(C)(C)O)n2)nn1C. The number of pyridine rings is 1. The Balaban J connectivity index is 1.59. The molecule has 3 aromatic heterocycles. The summed E-state index contributed by atoms with van der Waals surface area (Å²) in [6.45, 7) is 4.60. The zero-order chi connectivity index (χ0) is 25.5. The van der Waals surface area contributed by atoms with Gasteiger partial charge in [-0.15, -0.1) is 0 Å². The number of nitrogens with zero attached hydrogens (tertiary/aromatic N) is 6. The van der Waals surface area contributed by atoms with Crippen LogP contribution < -0.4 is 4.90 Å². The highest BCUT2D eigenvalue weighted by Gasteiger charge is 2.31. The van der Waals surface area contributed by atoms with Crippen LogP contribution in [-0.4, -0.2) is 41.2 Å². The highest BCUT2D eigenvalue weighted by molar-refractivity contribution is 6.31. The number of rotatable bonds is 6. The molecule has 0 amide bonds. The van der Waals surface area contributed by atoms with Crippen LogP contribution in [0.15, 0.2) is 53.2 Å². The van der Waals surface area contributed by atoms with Crippen LogP contribution in [0.1, 0.15) is 32.3 Å². The molecular formula is C23H23ClF2N6O3. The summed E-state index contributed by atoms with van der Waals surface area (Å²) in [5, 5.41) is 25.6. The maximum absolute atomic E-state index is 13.9. The van der Waals surface area contributed by atoms with E-state index in [-0.39, 0.29) is 28.9 Å². The van der Waals surface area contributed by atoms with Gasteiger partial charge in [-0.2, -0.15) is 5.10 Å². The smallest absolute Gasteiger partial charge is 0.172 e. The van der Waals surface area contributed by atoms with E-state index in [2.05, 4.69) is 20.1 Å². The van der Waals surface area contributed by atoms with Crippen molar-refractivity contribution in [3.63, 3.8) is 0 Å². The average molecular weight is 505 g/mol. The Morgan fingerprint density at radius 2 is 1.94 bits per heavy atom. The Morgan fingerprint density at radius 3 is 2.63 bits per heavy atom. The Kier molecular flexibility index (Phi) is 6.58. The molecule has 4 heterocycles. The molecular weight excluding hydrogens is 482 g/mol. The molecule has 12 heteroatoms. The highest BCUT2D eigenvalue weighted by Crippen LogP contribution is 2.35. The van der Waals surface area contributed by atoms with Crippen molar-refractivity contribution in [2.24, 2.45) is 7.05 Å². The average Bonchev–Trinajstić information content (AvgIpc) is 3.17. The Hall–Kier alpha value is -3.41. The number of aryl methyl sites for hydroxylation is 1. The first-order valence-electron chi connectivity index (χ1n) is 10.5. The summed E-state index contributed by atoms with van der Waals surface area (Å²) in [5.74, 6) is -0.757. The molecule has 184 valence electrons. The van der Waals surface area contributed by atoms with Crippen LogP contribution >= 0.6 is 11.6 Å². The van der Waals surface area contributed by atoms with Crippen LogP contribution in [0.5, 0.6) is 0 Å². The third-order valence-corrected chi connectivity index (χ3v) is 5.62. The minimum absolute atomic E-state index is 0.0350. The van der Waals surface area contributed by atoms with E-state index in [1.807, 2.05) is 0 Å². The van der Waals surface area contributed by atoms with E-state index in [1.54, 1.807) is 55.6 Å². The maximum atomic E-state index is 13.9. The lowest BCUT2D eigenvalue weighted by Gasteiger charge is -2.33. The van der Waals surface area contributed by atoms with E-state index in [9.17, 15) is 19.0 Å². The maximum Gasteiger partial charge on any atom is 0.172 e. The summed E-state index contributed by atoms with van der Waals surface area (Å²) in [6.07, 6.45) is 2.69. The first-order valence-corrected chi connectivity index (χ1v) is 10.9. The first kappa shape index (κ1) is 24.7. The predicted octanol–water partition coefficient (Wildman–Crippen LogP) is 3.49. The zero-order valence-corrected chi connectivity index (χ0v) is 20.1. The van der Waals surface area contributed by atoms with Crippen molar-refractivity contribution >= 4 is 17.4 Å². The molecule has 3 aromatic rings. The highest BCUT2D eigenvalue weighted by atomic mass is 35.5. The summed E-state index contributed by atoms with van der Waals surface area (Å²) >= 11 is 6.39. The summed E-state index contributed by atoms with van der Waals surface area (Å²) in [6, 6.07) is 4.09. The van der Waals surface area contributed by atoms with Gasteiger partial charge in [0.15, 0.2) is 17.9 Å². The normalized spacial score (nSPS) is 16.5. The number of aliphatic hydroxyl groups excluding tert-OH is 1. The minimum Gasteiger partial charge on any atom is -0.486 e. The molecule has 0 spiro atoms. The largest absolute Gasteiger partial charge is 0.486 e. The van der Waals surface area contributed by atoms with Gasteiger partial charge < -0.3 is 14.9 Å². The van der Waals surface area contributed by atoms with Crippen LogP contribution in [0.3, 0.4) is 0 Å². The predicted molar refractivity (Wildman–Crippen MR) is 124 cm³/mol. The van der Waals surface area contributed by atoms with E-state index in [1.165, 1.54) is 6.20 Å². The minimum atomic E-state index is -1.32. The van der Waals surface area contributed by atoms with Gasteiger partial charge >= 0.3 is 0 Å². The first-order chi connectivity index (χ1) is 16.5. The molecule has 0 radical (unpaired) electrons. The zero-order valence-electron chi connectivity index (χ0n) is 19.4. The molecule has 1 aliphatic rings. The molecule has 0 fully saturated rings. The molecule has 2 N–H and O–H groups in total. The summed E-state index contributed by atoms with van der Waals surface area (Å²) < 4.78 is 34.1. The molecule has 0 aliphatic carbocycles. The lowest BCUT2D eigenvalue weighted by molar-refractivity contribution is 0.0688. The number of aliphatic hydroxyl groups is 2. The van der Waals surface area contributed by atoms with Crippen LogP contribution in [-0.2, 0) is 24.0 Å². The Morgan fingerprint density at radius 1 is 1.20 bits per heavy atom. The number of aromatic nitrogens is 5. The number of ether oxygens (including phenoxy) is 1. The number of allylic oxidation sites excluding steroid dienone is 2. The summed E-state index contributed by atoms with van der Waals surface area (Å²) in [5.41, 5.74) is 0.232. The van der Waals surface area contributed by atoms with Crippen LogP contribution in [0.2, 0.25) is 0 Å². The molecule has 1 aliphatic heterocycles. The number of anilines is 1. The van der Waals surface area contributed by atoms with Gasteiger partial charge in [-0.1, -0.05) is 11.6 Å². The van der Waals surface area contributed by atoms with Crippen molar-refractivity contribution in [1.29, 1.82) is 0 Å². The molecule has 1 unspecified atom stereocenters. The number of hydrogen-bond acceptors (Lipinski definition) is 8. The molecule has 9 nitrogen and oxygen atoms in total. The second kappa shape index (κ2) is 9.33. The van der Waals surface area contributed by atoms with Crippen molar-refractivity contribution in [3.05, 3.63) is 76.3 Å². The Bertz CT molecular complexity index is 1340. The standard InChI is InChI=1S/C23H23ClF2N6O3/c1-12-7-18(35-11-17-14(26)8-13(25)10-28-17)20(24)21(33)32(12)19-9-16(30-31(19)4)15-5-6-27-22(29-15)23(2,3)34/h5-10,21,33-34H,11H2,1-4H3. The second-order valence-corrected chi connectivity index (χ2v) is 8.86.